The number of carbonyl (C=O) groups excluding carboxylic acids is 3. The van der Waals surface area contributed by atoms with Gasteiger partial charge in [-0.15, -0.1) is 0 Å². The number of rotatable bonds is 13. The third-order valence-corrected chi connectivity index (χ3v) is 7.44. The van der Waals surface area contributed by atoms with Crippen LogP contribution in [-0.2, 0) is 27.5 Å². The molecule has 3 rings (SSSR count). The van der Waals surface area contributed by atoms with Gasteiger partial charge in [0.05, 0.1) is 16.5 Å². The second-order valence-electron chi connectivity index (χ2n) is 8.95. The summed E-state index contributed by atoms with van der Waals surface area (Å²) in [6.45, 7) is 0.217. The summed E-state index contributed by atoms with van der Waals surface area (Å²) in [6, 6.07) is 11.3. The van der Waals surface area contributed by atoms with E-state index in [-0.39, 0.29) is 54.9 Å². The fourth-order valence-corrected chi connectivity index (χ4v) is 5.32. The molecular formula is C25H29N5O9S2. The van der Waals surface area contributed by atoms with Gasteiger partial charge < -0.3 is 25.0 Å². The van der Waals surface area contributed by atoms with Crippen LogP contribution in [0.3, 0.4) is 0 Å². The van der Waals surface area contributed by atoms with Gasteiger partial charge in [0.25, 0.3) is 11.4 Å². The molecule has 0 saturated carbocycles. The van der Waals surface area contributed by atoms with E-state index >= 15 is 0 Å². The van der Waals surface area contributed by atoms with E-state index in [1.54, 1.807) is 4.90 Å². The van der Waals surface area contributed by atoms with Crippen molar-refractivity contribution in [1.82, 2.24) is 15.5 Å². The maximum atomic E-state index is 12.6. The molecule has 0 spiro atoms. The summed E-state index contributed by atoms with van der Waals surface area (Å²) in [7, 11) is 0. The number of hydrogen-bond donors (Lipinski definition) is 3. The van der Waals surface area contributed by atoms with Crippen molar-refractivity contribution in [3.05, 3.63) is 79.9 Å². The molecule has 0 bridgehead atoms. The summed E-state index contributed by atoms with van der Waals surface area (Å²) in [5.41, 5.74) is 1.10. The number of nitrogens with one attached hydrogen (secondary N) is 2. The number of nitrogens with zero attached hydrogens (tertiary/aromatic N) is 3. The fraction of sp³-hybridized carbons (Fsp3) is 0.400. The molecule has 0 radical (unpaired) electrons. The van der Waals surface area contributed by atoms with Crippen LogP contribution >= 0.6 is 24.4 Å². The topological polar surface area (TPSA) is 183 Å². The molecule has 41 heavy (non-hydrogen) atoms. The number of amides is 3. The Bertz CT molecular complexity index is 1230. The molecular weight excluding hydrogens is 578 g/mol. The highest BCUT2D eigenvalue weighted by Gasteiger charge is 2.34. The quantitative estimate of drug-likeness (QED) is 0.0999. The Morgan fingerprint density at radius 3 is 2.05 bits per heavy atom. The second kappa shape index (κ2) is 15.7. The van der Waals surface area contributed by atoms with Gasteiger partial charge in [-0.3, -0.25) is 25.0 Å². The largest absolute Gasteiger partial charge is 0.445 e. The molecule has 14 nitrogen and oxygen atoms in total. The zero-order chi connectivity index (χ0) is 29.8. The van der Waals surface area contributed by atoms with Crippen LogP contribution in [0.25, 0.3) is 0 Å². The van der Waals surface area contributed by atoms with Crippen molar-refractivity contribution < 1.29 is 33.7 Å². The molecule has 0 aromatic heterocycles. The number of thioether (sulfide) groups is 1. The molecule has 2 atom stereocenters. The number of likely N-dealkylation sites (tertiary alicyclic amines) is 1. The van der Waals surface area contributed by atoms with E-state index < -0.39 is 22.0 Å². The summed E-state index contributed by atoms with van der Waals surface area (Å²) >= 11 is 6.00. The molecule has 1 aliphatic heterocycles. The van der Waals surface area contributed by atoms with E-state index in [2.05, 4.69) is 23.3 Å². The minimum absolute atomic E-state index is 0.00191. The molecule has 2 aromatic carbocycles. The van der Waals surface area contributed by atoms with Crippen molar-refractivity contribution in [1.29, 1.82) is 0 Å². The van der Waals surface area contributed by atoms with Crippen molar-refractivity contribution in [2.75, 3.05) is 24.7 Å². The number of hydrogen-bond acceptors (Lipinski definition) is 11. The predicted octanol–water partition coefficient (Wildman–Crippen LogP) is 3.64. The molecule has 0 unspecified atom stereocenters. The smallest absolute Gasteiger partial charge is 0.410 e. The summed E-state index contributed by atoms with van der Waals surface area (Å²) in [4.78, 5) is 58.5. The summed E-state index contributed by atoms with van der Waals surface area (Å²) in [5, 5.41) is 26.4. The summed E-state index contributed by atoms with van der Waals surface area (Å²) in [6.07, 6.45) is -0.358. The first-order valence-electron chi connectivity index (χ1n) is 12.5. The van der Waals surface area contributed by atoms with Crippen LogP contribution < -0.4 is 10.6 Å². The van der Waals surface area contributed by atoms with E-state index in [4.69, 9.17) is 9.47 Å². The Kier molecular flexibility index (Phi) is 12.0. The third-order valence-electron chi connectivity index (χ3n) is 5.96. The van der Waals surface area contributed by atoms with Crippen LogP contribution in [0.15, 0.2) is 48.5 Å². The molecule has 1 saturated heterocycles. The molecule has 220 valence electrons. The lowest BCUT2D eigenvalue weighted by Gasteiger charge is -2.23. The molecule has 1 aliphatic rings. The van der Waals surface area contributed by atoms with Gasteiger partial charge in [-0.25, -0.2) is 9.59 Å². The number of benzene rings is 2. The molecule has 1 heterocycles. The fourth-order valence-electron chi connectivity index (χ4n) is 3.82. The van der Waals surface area contributed by atoms with Gasteiger partial charge in [0.2, 0.25) is 5.91 Å². The first-order valence-corrected chi connectivity index (χ1v) is 14.1. The Balaban J connectivity index is 1.29. The Labute approximate surface area is 244 Å². The van der Waals surface area contributed by atoms with Crippen molar-refractivity contribution >= 4 is 53.9 Å². The normalized spacial score (nSPS) is 16.1. The molecule has 0 aliphatic carbocycles. The average Bonchev–Trinajstić information content (AvgIpc) is 3.33. The van der Waals surface area contributed by atoms with Gasteiger partial charge in [-0.05, 0) is 41.8 Å². The lowest BCUT2D eigenvalue weighted by atomic mass is 10.2. The molecule has 16 heteroatoms. The molecule has 2 N–H and O–H groups in total. The highest BCUT2D eigenvalue weighted by Crippen LogP contribution is 2.26. The van der Waals surface area contributed by atoms with Crippen LogP contribution in [-0.4, -0.2) is 68.9 Å². The number of carbonyl (C=O) groups is 3. The first-order chi connectivity index (χ1) is 19.6. The van der Waals surface area contributed by atoms with E-state index in [0.717, 1.165) is 0 Å². The third kappa shape index (κ3) is 10.5. The van der Waals surface area contributed by atoms with Crippen molar-refractivity contribution in [2.24, 2.45) is 0 Å². The Morgan fingerprint density at radius 2 is 1.49 bits per heavy atom. The average molecular weight is 608 g/mol. The SMILES string of the molecule is O=C(CCSC[C@@H]1C[C@@H](S)CN1C(=O)OCc1ccc([N+](=O)[O-])cc1)NCNC(=O)OCc1ccc([N+](=O)[O-])cc1. The van der Waals surface area contributed by atoms with Gasteiger partial charge >= 0.3 is 12.2 Å². The minimum Gasteiger partial charge on any atom is -0.445 e. The minimum atomic E-state index is -0.749. The van der Waals surface area contributed by atoms with Crippen LogP contribution in [0.1, 0.15) is 24.0 Å². The highest BCUT2D eigenvalue weighted by molar-refractivity contribution is 7.99. The van der Waals surface area contributed by atoms with Gasteiger partial charge in [-0.2, -0.15) is 24.4 Å². The monoisotopic (exact) mass is 607 g/mol. The van der Waals surface area contributed by atoms with Crippen molar-refractivity contribution in [2.45, 2.75) is 37.3 Å². The summed E-state index contributed by atoms with van der Waals surface area (Å²) in [5.74, 6) is 0.811. The number of nitro groups is 2. The number of thiol groups is 1. The Hall–Kier alpha value is -4.05. The van der Waals surface area contributed by atoms with Crippen LogP contribution in [0.5, 0.6) is 0 Å². The molecule has 1 fully saturated rings. The van der Waals surface area contributed by atoms with Crippen LogP contribution in [0.2, 0.25) is 0 Å². The predicted molar refractivity (Wildman–Crippen MR) is 153 cm³/mol. The van der Waals surface area contributed by atoms with Crippen LogP contribution in [0.4, 0.5) is 21.0 Å². The number of non-ortho nitro benzene ring substituents is 2. The molecule has 3 amide bonds. The maximum absolute atomic E-state index is 12.6. The van der Waals surface area contributed by atoms with Crippen molar-refractivity contribution in [3.8, 4) is 0 Å². The van der Waals surface area contributed by atoms with E-state index in [1.165, 1.54) is 60.3 Å². The second-order valence-corrected chi connectivity index (χ2v) is 10.8. The van der Waals surface area contributed by atoms with E-state index in [1.807, 2.05) is 0 Å². The standard InChI is InChI=1S/C25H29N5O9S2/c31-23(26-16-27-24(32)38-13-17-1-5-19(6-2-17)29(34)35)9-10-41-15-21-11-22(40)12-28(21)25(33)39-14-18-3-7-20(8-4-18)30(36)37/h1-8,21-22,40H,9-16H2,(H,26,31)(H,27,32)/t21-,22+/m0/s1. The number of ether oxygens (including phenoxy) is 2. The van der Waals surface area contributed by atoms with Gasteiger partial charge in [-0.1, -0.05) is 0 Å². The van der Waals surface area contributed by atoms with Crippen molar-refractivity contribution in [3.63, 3.8) is 0 Å². The maximum Gasteiger partial charge on any atom is 0.410 e. The van der Waals surface area contributed by atoms with E-state index in [9.17, 15) is 34.6 Å². The first kappa shape index (κ1) is 31.5. The zero-order valence-corrected chi connectivity index (χ0v) is 23.5. The number of alkyl carbamates (subject to hydrolysis) is 1. The highest BCUT2D eigenvalue weighted by atomic mass is 32.2. The van der Waals surface area contributed by atoms with Gasteiger partial charge in [0, 0.05) is 60.0 Å². The van der Waals surface area contributed by atoms with Gasteiger partial charge in [0.15, 0.2) is 0 Å². The summed E-state index contributed by atoms with van der Waals surface area (Å²) < 4.78 is 10.4. The Morgan fingerprint density at radius 1 is 0.927 bits per heavy atom. The lowest BCUT2D eigenvalue weighted by molar-refractivity contribution is -0.385. The lowest BCUT2D eigenvalue weighted by Crippen LogP contribution is -2.38. The van der Waals surface area contributed by atoms with Crippen LogP contribution in [0, 0.1) is 20.2 Å². The zero-order valence-electron chi connectivity index (χ0n) is 21.8. The number of nitro benzene ring substituents is 2. The van der Waals surface area contributed by atoms with E-state index in [0.29, 0.717) is 35.6 Å². The van der Waals surface area contributed by atoms with Gasteiger partial charge in [0.1, 0.15) is 13.2 Å². The molecule has 2 aromatic rings.